The predicted molar refractivity (Wildman–Crippen MR) is 68.6 cm³/mol. The second-order valence-electron chi connectivity index (χ2n) is 2.89. The van der Waals surface area contributed by atoms with Gasteiger partial charge >= 0.3 is 0 Å². The van der Waals surface area contributed by atoms with Crippen molar-refractivity contribution in [1.82, 2.24) is 4.90 Å². The Balaban J connectivity index is 2.80. The molecule has 1 fully saturated rings. The van der Waals surface area contributed by atoms with Crippen molar-refractivity contribution < 1.29 is 15.1 Å². The average molecular weight is 291 g/mol. The molecule has 0 radical (unpaired) electrons. The molecule has 0 atom stereocenters. The first-order chi connectivity index (χ1) is 11.9. The molecule has 0 unspecified atom stereocenters. The molecule has 1 aliphatic heterocycles. The van der Waals surface area contributed by atoms with Gasteiger partial charge in [-0.15, -0.1) is 0 Å². The minimum absolute atomic E-state index is 0.145. The zero-order chi connectivity index (χ0) is 21.2. The molecule has 0 N–H and O–H groups in total. The van der Waals surface area contributed by atoms with Crippen LogP contribution in [0, 0.1) is 11.3 Å². The third-order valence-electron chi connectivity index (χ3n) is 1.88. The number of halogens is 1. The number of rotatable bonds is 1. The number of benzene rings is 1. The molecular formula is C12H14BrN3. The summed E-state index contributed by atoms with van der Waals surface area (Å²) in [5.41, 5.74) is -0.124. The Morgan fingerprint density at radius 1 is 1.44 bits per heavy atom. The van der Waals surface area contributed by atoms with Crippen LogP contribution in [-0.2, 0) is 0 Å². The summed E-state index contributed by atoms with van der Waals surface area (Å²) in [5, 5.41) is 8.98. The molecular weight excluding hydrogens is 266 g/mol. The second-order valence-corrected chi connectivity index (χ2v) is 3.75. The van der Waals surface area contributed by atoms with E-state index in [-0.39, 0.29) is 25.5 Å². The van der Waals surface area contributed by atoms with Crippen LogP contribution >= 0.6 is 15.9 Å². The Labute approximate surface area is 120 Å². The average Bonchev–Trinajstić information content (AvgIpc) is 2.43. The maximum atomic E-state index is 8.98. The van der Waals surface area contributed by atoms with Crippen molar-refractivity contribution in [3.05, 3.63) is 28.2 Å². The first kappa shape index (κ1) is 4.01. The number of hydrogen-bond donors (Lipinski definition) is 0. The number of nitrogens with zero attached hydrogens (tertiary/aromatic N) is 3. The van der Waals surface area contributed by atoms with Gasteiger partial charge in [0.05, 0.1) is 11.0 Å². The summed E-state index contributed by atoms with van der Waals surface area (Å²) in [6.07, 6.45) is 0. The minimum atomic E-state index is -3.45. The molecule has 4 heteroatoms. The Morgan fingerprint density at radius 2 is 2.19 bits per heavy atom. The van der Waals surface area contributed by atoms with E-state index in [0.717, 1.165) is 12.1 Å². The van der Waals surface area contributed by atoms with Gasteiger partial charge in [0.25, 0.3) is 0 Å². The van der Waals surface area contributed by atoms with Gasteiger partial charge < -0.3 is 9.80 Å². The second kappa shape index (κ2) is 4.86. The van der Waals surface area contributed by atoms with Crippen molar-refractivity contribution in [1.29, 1.82) is 5.26 Å². The predicted octanol–water partition coefficient (Wildman–Crippen LogP) is 2.07. The fourth-order valence-electron chi connectivity index (χ4n) is 1.12. The molecule has 16 heavy (non-hydrogen) atoms. The largest absolute Gasteiger partial charge is 0.369 e. The lowest BCUT2D eigenvalue weighted by molar-refractivity contribution is 0.313. The van der Waals surface area contributed by atoms with Gasteiger partial charge in [-0.05, 0) is 41.1 Å². The van der Waals surface area contributed by atoms with Crippen molar-refractivity contribution in [2.45, 2.75) is 0 Å². The highest BCUT2D eigenvalue weighted by Gasteiger charge is 2.14. The summed E-state index contributed by atoms with van der Waals surface area (Å²) in [6, 6.07) is 5.35. The number of hydrogen-bond acceptors (Lipinski definition) is 3. The summed E-state index contributed by atoms with van der Waals surface area (Å²) in [5.74, 6) is 0. The Bertz CT molecular complexity index is 771. The van der Waals surface area contributed by atoms with Gasteiger partial charge in [0.15, 0.2) is 0 Å². The molecule has 1 aliphatic rings. The number of nitriles is 1. The highest BCUT2D eigenvalue weighted by Crippen LogP contribution is 2.24. The fourth-order valence-corrected chi connectivity index (χ4v) is 1.57. The Morgan fingerprint density at radius 3 is 2.75 bits per heavy atom. The number of anilines is 1. The van der Waals surface area contributed by atoms with E-state index in [1.54, 1.807) is 0 Å². The number of piperazine rings is 1. The van der Waals surface area contributed by atoms with E-state index in [1.807, 2.05) is 6.07 Å². The van der Waals surface area contributed by atoms with Crippen LogP contribution in [0.1, 0.15) is 20.6 Å². The highest BCUT2D eigenvalue weighted by atomic mass is 79.9. The first-order valence-corrected chi connectivity index (χ1v) is 5.04. The van der Waals surface area contributed by atoms with Crippen LogP contribution in [-0.4, -0.2) is 37.9 Å². The van der Waals surface area contributed by atoms with E-state index < -0.39 is 33.0 Å². The van der Waals surface area contributed by atoms with Gasteiger partial charge in [-0.25, -0.2) is 0 Å². The van der Waals surface area contributed by atoms with Crippen LogP contribution in [0.2, 0.25) is 0 Å². The van der Waals surface area contributed by atoms with Crippen LogP contribution in [0.4, 0.5) is 5.69 Å². The monoisotopic (exact) mass is 290 g/mol. The van der Waals surface area contributed by atoms with E-state index in [9.17, 15) is 0 Å². The molecule has 0 bridgehead atoms. The molecule has 3 nitrogen and oxygen atoms in total. The summed E-state index contributed by atoms with van der Waals surface area (Å²) in [4.78, 5) is -0.156. The van der Waals surface area contributed by atoms with Gasteiger partial charge in [0, 0.05) is 45.7 Å². The summed E-state index contributed by atoms with van der Waals surface area (Å²) >= 11 is 3.07. The maximum absolute atomic E-state index is 8.98. The molecule has 0 aliphatic carbocycles. The Kier molecular flexibility index (Phi) is 1.22. The molecule has 0 saturated carbocycles. The normalized spacial score (nSPS) is 40.8. The van der Waals surface area contributed by atoms with Crippen molar-refractivity contribution in [3.8, 4) is 6.07 Å². The van der Waals surface area contributed by atoms with E-state index in [2.05, 4.69) is 15.9 Å². The lowest BCUT2D eigenvalue weighted by Crippen LogP contribution is -2.44. The highest BCUT2D eigenvalue weighted by molar-refractivity contribution is 9.10. The van der Waals surface area contributed by atoms with Crippen molar-refractivity contribution >= 4 is 21.6 Å². The van der Waals surface area contributed by atoms with Crippen LogP contribution in [0.3, 0.4) is 0 Å². The summed E-state index contributed by atoms with van der Waals surface area (Å²) < 4.78 is 87.3. The molecule has 1 aromatic carbocycles. The third kappa shape index (κ3) is 2.37. The molecule has 1 heterocycles. The lowest BCUT2D eigenvalue weighted by atomic mass is 10.2. The van der Waals surface area contributed by atoms with Crippen LogP contribution in [0.25, 0.3) is 0 Å². The van der Waals surface area contributed by atoms with E-state index in [0.29, 0.717) is 0 Å². The van der Waals surface area contributed by atoms with Crippen molar-refractivity contribution in [2.24, 2.45) is 0 Å². The molecule has 0 spiro atoms. The van der Waals surface area contributed by atoms with E-state index >= 15 is 0 Å². The smallest absolute Gasteiger partial charge is 0.100 e. The van der Waals surface area contributed by atoms with E-state index in [4.69, 9.17) is 20.3 Å². The SMILES string of the molecule is [2H]C([2H])([2H])N1C([2H])([2H])C([2H])([2H])N(c2ccc(C#N)c(Br)c2)C([2H])([2H])C1([2H])[2H]. The van der Waals surface area contributed by atoms with Crippen molar-refractivity contribution in [2.75, 3.05) is 37.9 Å². The Hall–Kier alpha value is -1.05. The van der Waals surface area contributed by atoms with Gasteiger partial charge in [-0.1, -0.05) is 0 Å². The topological polar surface area (TPSA) is 30.3 Å². The standard InChI is InChI=1S/C12H14BrN3/c1-15-4-6-16(7-5-15)11-3-2-10(9-14)12(13)8-11/h2-3,8H,4-7H2,1H3/i1D3,4D2,5D2,6D2,7D2. The zero-order valence-corrected chi connectivity index (χ0v) is 9.54. The molecule has 1 aromatic rings. The van der Waals surface area contributed by atoms with Crippen molar-refractivity contribution in [3.63, 3.8) is 0 Å². The molecule has 0 amide bonds. The molecule has 0 aromatic heterocycles. The molecule has 1 saturated heterocycles. The summed E-state index contributed by atoms with van der Waals surface area (Å²) in [6.45, 7) is -16.9. The summed E-state index contributed by atoms with van der Waals surface area (Å²) in [7, 11) is 0. The van der Waals surface area contributed by atoms with E-state index in [1.165, 1.54) is 6.07 Å². The van der Waals surface area contributed by atoms with Gasteiger partial charge in [0.1, 0.15) is 6.07 Å². The van der Waals surface area contributed by atoms with Gasteiger partial charge in [0.2, 0.25) is 0 Å². The third-order valence-corrected chi connectivity index (χ3v) is 2.53. The van der Waals surface area contributed by atoms with Gasteiger partial charge in [-0.3, -0.25) is 0 Å². The molecule has 84 valence electrons. The zero-order valence-electron chi connectivity index (χ0n) is 19.0. The van der Waals surface area contributed by atoms with Crippen LogP contribution in [0.5, 0.6) is 0 Å². The van der Waals surface area contributed by atoms with Crippen LogP contribution < -0.4 is 4.90 Å². The number of likely N-dealkylation sites (N-methyl/N-ethyl adjacent to an activating group) is 1. The van der Waals surface area contributed by atoms with Crippen LogP contribution in [0.15, 0.2) is 22.7 Å². The van der Waals surface area contributed by atoms with Gasteiger partial charge in [-0.2, -0.15) is 5.26 Å². The minimum Gasteiger partial charge on any atom is -0.369 e. The maximum Gasteiger partial charge on any atom is 0.100 e. The lowest BCUT2D eigenvalue weighted by Gasteiger charge is -2.34. The first-order valence-electron chi connectivity index (χ1n) is 9.74. The fraction of sp³-hybridized carbons (Fsp3) is 0.417. The molecule has 2 rings (SSSR count). The quantitative estimate of drug-likeness (QED) is 0.793.